The minimum atomic E-state index is -1.14. The van der Waals surface area contributed by atoms with Gasteiger partial charge in [-0.3, -0.25) is 9.59 Å². The Morgan fingerprint density at radius 1 is 1.22 bits per heavy atom. The average molecular weight is 254 g/mol. The minimum Gasteiger partial charge on any atom is -0.468 e. The lowest BCUT2D eigenvalue weighted by atomic mass is 9.71. The van der Waals surface area contributed by atoms with E-state index in [1.165, 1.54) is 14.2 Å². The van der Waals surface area contributed by atoms with Crippen molar-refractivity contribution in [3.63, 3.8) is 0 Å². The number of carbonyl (C=O) groups is 2. The Kier molecular flexibility index (Phi) is 5.38. The first-order valence-electron chi connectivity index (χ1n) is 6.41. The second-order valence-corrected chi connectivity index (χ2v) is 4.76. The molecule has 0 unspecified atom stereocenters. The van der Waals surface area contributed by atoms with Gasteiger partial charge in [0, 0.05) is 0 Å². The molecular weight excluding hydrogens is 232 g/mol. The molecule has 0 heterocycles. The van der Waals surface area contributed by atoms with E-state index in [-0.39, 0.29) is 5.92 Å². The van der Waals surface area contributed by atoms with E-state index in [9.17, 15) is 9.59 Å². The summed E-state index contributed by atoms with van der Waals surface area (Å²) < 4.78 is 9.75. The molecule has 1 fully saturated rings. The smallest absolute Gasteiger partial charge is 0.323 e. The first-order chi connectivity index (χ1) is 8.63. The summed E-state index contributed by atoms with van der Waals surface area (Å²) in [6.45, 7) is 3.66. The highest BCUT2D eigenvalue weighted by molar-refractivity contribution is 6.00. The minimum absolute atomic E-state index is 0.0253. The highest BCUT2D eigenvalue weighted by Crippen LogP contribution is 2.45. The fourth-order valence-corrected chi connectivity index (χ4v) is 2.94. The zero-order chi connectivity index (χ0) is 13.6. The number of methoxy groups -OCH3 is 2. The molecular formula is C14H22O4. The molecule has 18 heavy (non-hydrogen) atoms. The number of hydrogen-bond donors (Lipinski definition) is 0. The van der Waals surface area contributed by atoms with E-state index < -0.39 is 17.4 Å². The molecule has 0 aliphatic heterocycles. The van der Waals surface area contributed by atoms with Crippen LogP contribution in [0.1, 0.15) is 38.5 Å². The molecule has 0 N–H and O–H groups in total. The van der Waals surface area contributed by atoms with Gasteiger partial charge in [0.2, 0.25) is 0 Å². The van der Waals surface area contributed by atoms with Crippen molar-refractivity contribution in [2.45, 2.75) is 38.5 Å². The van der Waals surface area contributed by atoms with Crippen LogP contribution in [0.25, 0.3) is 0 Å². The molecule has 0 aromatic heterocycles. The number of carbonyl (C=O) groups excluding carboxylic acids is 2. The van der Waals surface area contributed by atoms with E-state index >= 15 is 0 Å². The molecule has 1 aliphatic carbocycles. The number of esters is 2. The Balaban J connectivity index is 3.10. The Labute approximate surface area is 108 Å². The number of allylic oxidation sites excluding steroid dienone is 1. The molecule has 0 aromatic carbocycles. The standard InChI is InChI=1S/C14H22O4/c1-4-5-10-14(12(15)17-2,13(16)18-3)11-8-6-7-9-11/h4,11H,1,5-10H2,2-3H3. The van der Waals surface area contributed by atoms with E-state index in [0.717, 1.165) is 25.7 Å². The van der Waals surface area contributed by atoms with Gasteiger partial charge in [-0.25, -0.2) is 0 Å². The van der Waals surface area contributed by atoms with Crippen molar-refractivity contribution >= 4 is 11.9 Å². The second-order valence-electron chi connectivity index (χ2n) is 4.76. The summed E-state index contributed by atoms with van der Waals surface area (Å²) in [6, 6.07) is 0. The van der Waals surface area contributed by atoms with Crippen molar-refractivity contribution in [2.24, 2.45) is 11.3 Å². The van der Waals surface area contributed by atoms with E-state index in [1.54, 1.807) is 6.08 Å². The molecule has 0 amide bonds. The maximum absolute atomic E-state index is 12.2. The van der Waals surface area contributed by atoms with Crippen LogP contribution >= 0.6 is 0 Å². The molecule has 4 nitrogen and oxygen atoms in total. The van der Waals surface area contributed by atoms with Crippen LogP contribution in [0.2, 0.25) is 0 Å². The van der Waals surface area contributed by atoms with Gasteiger partial charge < -0.3 is 9.47 Å². The zero-order valence-corrected chi connectivity index (χ0v) is 11.2. The first kappa shape index (κ1) is 14.7. The van der Waals surface area contributed by atoms with Crippen LogP contribution in [0.5, 0.6) is 0 Å². The lowest BCUT2D eigenvalue weighted by molar-refractivity contribution is -0.174. The van der Waals surface area contributed by atoms with Crippen molar-refractivity contribution in [1.82, 2.24) is 0 Å². The van der Waals surface area contributed by atoms with Gasteiger partial charge in [-0.1, -0.05) is 18.9 Å². The molecule has 1 aliphatic rings. The molecule has 102 valence electrons. The SMILES string of the molecule is C=CCCC(C(=O)OC)(C(=O)OC)C1CCCC1. The van der Waals surface area contributed by atoms with Crippen molar-refractivity contribution in [3.8, 4) is 0 Å². The van der Waals surface area contributed by atoms with Crippen LogP contribution in [0.3, 0.4) is 0 Å². The fourth-order valence-electron chi connectivity index (χ4n) is 2.94. The van der Waals surface area contributed by atoms with Gasteiger partial charge in [-0.15, -0.1) is 6.58 Å². The molecule has 1 saturated carbocycles. The molecule has 0 radical (unpaired) electrons. The van der Waals surface area contributed by atoms with Gasteiger partial charge in [0.15, 0.2) is 5.41 Å². The second kappa shape index (κ2) is 6.57. The lowest BCUT2D eigenvalue weighted by Gasteiger charge is -2.33. The quantitative estimate of drug-likeness (QED) is 0.415. The fraction of sp³-hybridized carbons (Fsp3) is 0.714. The van der Waals surface area contributed by atoms with Crippen LogP contribution in [-0.4, -0.2) is 26.2 Å². The van der Waals surface area contributed by atoms with Gasteiger partial charge in [0.25, 0.3) is 0 Å². The Morgan fingerprint density at radius 3 is 2.11 bits per heavy atom. The zero-order valence-electron chi connectivity index (χ0n) is 11.2. The summed E-state index contributed by atoms with van der Waals surface area (Å²) in [5, 5.41) is 0. The maximum Gasteiger partial charge on any atom is 0.323 e. The van der Waals surface area contributed by atoms with E-state index in [4.69, 9.17) is 9.47 Å². The van der Waals surface area contributed by atoms with Crippen LogP contribution in [0, 0.1) is 11.3 Å². The summed E-state index contributed by atoms with van der Waals surface area (Å²) >= 11 is 0. The first-order valence-corrected chi connectivity index (χ1v) is 6.41. The Morgan fingerprint density at radius 2 is 1.72 bits per heavy atom. The Hall–Kier alpha value is -1.32. The van der Waals surface area contributed by atoms with Crippen molar-refractivity contribution < 1.29 is 19.1 Å². The largest absolute Gasteiger partial charge is 0.468 e. The van der Waals surface area contributed by atoms with E-state index in [0.29, 0.717) is 12.8 Å². The lowest BCUT2D eigenvalue weighted by Crippen LogP contribution is -2.46. The van der Waals surface area contributed by atoms with Gasteiger partial charge in [-0.05, 0) is 31.6 Å². The van der Waals surface area contributed by atoms with Crippen LogP contribution in [0.4, 0.5) is 0 Å². The highest BCUT2D eigenvalue weighted by atomic mass is 16.5. The summed E-state index contributed by atoms with van der Waals surface area (Å²) in [7, 11) is 2.64. The third-order valence-corrected chi connectivity index (χ3v) is 3.89. The number of rotatable bonds is 6. The number of ether oxygens (including phenoxy) is 2. The molecule has 0 bridgehead atoms. The van der Waals surface area contributed by atoms with Crippen molar-refractivity contribution in [1.29, 1.82) is 0 Å². The predicted molar refractivity (Wildman–Crippen MR) is 67.9 cm³/mol. The predicted octanol–water partition coefficient (Wildman–Crippen LogP) is 2.48. The van der Waals surface area contributed by atoms with Crippen LogP contribution < -0.4 is 0 Å². The molecule has 0 aromatic rings. The molecule has 0 atom stereocenters. The Bertz CT molecular complexity index is 300. The summed E-state index contributed by atoms with van der Waals surface area (Å²) in [5.74, 6) is -0.913. The third kappa shape index (κ3) is 2.57. The number of hydrogen-bond acceptors (Lipinski definition) is 4. The van der Waals surface area contributed by atoms with Crippen molar-refractivity contribution in [3.05, 3.63) is 12.7 Å². The van der Waals surface area contributed by atoms with E-state index in [2.05, 4.69) is 6.58 Å². The summed E-state index contributed by atoms with van der Waals surface area (Å²) in [6.07, 6.45) is 6.59. The maximum atomic E-state index is 12.2. The topological polar surface area (TPSA) is 52.6 Å². The van der Waals surface area contributed by atoms with Gasteiger partial charge in [-0.2, -0.15) is 0 Å². The normalized spacial score (nSPS) is 16.3. The van der Waals surface area contributed by atoms with Gasteiger partial charge >= 0.3 is 11.9 Å². The van der Waals surface area contributed by atoms with E-state index in [1.807, 2.05) is 0 Å². The summed E-state index contributed by atoms with van der Waals surface area (Å²) in [5.41, 5.74) is -1.14. The van der Waals surface area contributed by atoms with Crippen LogP contribution in [0.15, 0.2) is 12.7 Å². The highest BCUT2D eigenvalue weighted by Gasteiger charge is 2.54. The molecule has 1 rings (SSSR count). The molecule has 4 heteroatoms. The molecule has 0 spiro atoms. The molecule has 0 saturated heterocycles. The monoisotopic (exact) mass is 254 g/mol. The van der Waals surface area contributed by atoms with Crippen molar-refractivity contribution in [2.75, 3.05) is 14.2 Å². The van der Waals surface area contributed by atoms with Gasteiger partial charge in [0.1, 0.15) is 0 Å². The third-order valence-electron chi connectivity index (χ3n) is 3.89. The van der Waals surface area contributed by atoms with Gasteiger partial charge in [0.05, 0.1) is 14.2 Å². The average Bonchev–Trinajstić information content (AvgIpc) is 2.93. The van der Waals surface area contributed by atoms with Crippen LogP contribution in [-0.2, 0) is 19.1 Å². The summed E-state index contributed by atoms with van der Waals surface area (Å²) in [4.78, 5) is 24.3.